The summed E-state index contributed by atoms with van der Waals surface area (Å²) in [5.74, 6) is -0.508. The SMILES string of the molecule is CC(C)(C)NC(=O)CNCc1cccc(C(N)=O)c1. The van der Waals surface area contributed by atoms with E-state index in [1.165, 1.54) is 0 Å². The van der Waals surface area contributed by atoms with Crippen molar-refractivity contribution in [2.45, 2.75) is 32.9 Å². The van der Waals surface area contributed by atoms with Crippen LogP contribution in [0.3, 0.4) is 0 Å². The Bertz CT molecular complexity index is 464. The number of nitrogens with one attached hydrogen (secondary N) is 2. The van der Waals surface area contributed by atoms with Crippen LogP contribution in [0.1, 0.15) is 36.7 Å². The normalized spacial score (nSPS) is 11.1. The molecule has 0 spiro atoms. The topological polar surface area (TPSA) is 84.2 Å². The summed E-state index contributed by atoms with van der Waals surface area (Å²) in [4.78, 5) is 22.6. The summed E-state index contributed by atoms with van der Waals surface area (Å²) in [6.07, 6.45) is 0. The molecule has 0 fully saturated rings. The van der Waals surface area contributed by atoms with Gasteiger partial charge in [-0.3, -0.25) is 9.59 Å². The zero-order valence-corrected chi connectivity index (χ0v) is 11.6. The molecule has 0 radical (unpaired) electrons. The van der Waals surface area contributed by atoms with Crippen LogP contribution in [0.25, 0.3) is 0 Å². The van der Waals surface area contributed by atoms with Gasteiger partial charge in [0.1, 0.15) is 0 Å². The molecule has 0 atom stereocenters. The zero-order chi connectivity index (χ0) is 14.5. The van der Waals surface area contributed by atoms with Gasteiger partial charge in [0.2, 0.25) is 11.8 Å². The Hall–Kier alpha value is -1.88. The second kappa shape index (κ2) is 6.33. The van der Waals surface area contributed by atoms with Gasteiger partial charge in [-0.1, -0.05) is 12.1 Å². The van der Waals surface area contributed by atoms with Gasteiger partial charge in [0, 0.05) is 17.6 Å². The average Bonchev–Trinajstić information content (AvgIpc) is 2.27. The van der Waals surface area contributed by atoms with Crippen molar-refractivity contribution in [3.05, 3.63) is 35.4 Å². The van der Waals surface area contributed by atoms with Gasteiger partial charge in [0.25, 0.3) is 0 Å². The molecule has 4 N–H and O–H groups in total. The van der Waals surface area contributed by atoms with Crippen molar-refractivity contribution in [3.8, 4) is 0 Å². The molecule has 1 aromatic carbocycles. The molecule has 5 nitrogen and oxygen atoms in total. The molecule has 19 heavy (non-hydrogen) atoms. The molecule has 0 saturated carbocycles. The van der Waals surface area contributed by atoms with Crippen LogP contribution in [-0.2, 0) is 11.3 Å². The smallest absolute Gasteiger partial charge is 0.248 e. The first-order valence-electron chi connectivity index (χ1n) is 6.18. The minimum atomic E-state index is -0.452. The van der Waals surface area contributed by atoms with Gasteiger partial charge >= 0.3 is 0 Å². The van der Waals surface area contributed by atoms with E-state index in [0.717, 1.165) is 5.56 Å². The predicted molar refractivity (Wildman–Crippen MR) is 74.6 cm³/mol. The maximum Gasteiger partial charge on any atom is 0.248 e. The molecule has 0 aliphatic heterocycles. The highest BCUT2D eigenvalue weighted by Gasteiger charge is 2.12. The molecule has 0 saturated heterocycles. The molecule has 0 aliphatic rings. The highest BCUT2D eigenvalue weighted by atomic mass is 16.2. The molecule has 0 aromatic heterocycles. The van der Waals surface area contributed by atoms with Crippen LogP contribution in [0, 0.1) is 0 Å². The Morgan fingerprint density at radius 1 is 1.26 bits per heavy atom. The van der Waals surface area contributed by atoms with E-state index < -0.39 is 5.91 Å². The van der Waals surface area contributed by atoms with Gasteiger partial charge in [-0.2, -0.15) is 0 Å². The first-order chi connectivity index (χ1) is 8.78. The van der Waals surface area contributed by atoms with E-state index in [4.69, 9.17) is 5.73 Å². The highest BCUT2D eigenvalue weighted by Crippen LogP contribution is 2.04. The van der Waals surface area contributed by atoms with Crippen molar-refractivity contribution in [1.29, 1.82) is 0 Å². The predicted octanol–water partition coefficient (Wildman–Crippen LogP) is 0.790. The molecular formula is C14H21N3O2. The lowest BCUT2D eigenvalue weighted by Crippen LogP contribution is -2.44. The summed E-state index contributed by atoms with van der Waals surface area (Å²) in [6, 6.07) is 7.03. The lowest BCUT2D eigenvalue weighted by atomic mass is 10.1. The molecule has 2 amide bonds. The molecule has 0 aliphatic carbocycles. The largest absolute Gasteiger partial charge is 0.366 e. The fourth-order valence-corrected chi connectivity index (χ4v) is 1.62. The quantitative estimate of drug-likeness (QED) is 0.734. The Labute approximate surface area is 113 Å². The van der Waals surface area contributed by atoms with Gasteiger partial charge in [-0.05, 0) is 38.5 Å². The summed E-state index contributed by atoms with van der Waals surface area (Å²) in [6.45, 7) is 6.54. The third-order valence-corrected chi connectivity index (χ3v) is 2.34. The van der Waals surface area contributed by atoms with E-state index in [0.29, 0.717) is 12.1 Å². The summed E-state index contributed by atoms with van der Waals surface area (Å²) in [7, 11) is 0. The van der Waals surface area contributed by atoms with E-state index in [1.54, 1.807) is 18.2 Å². The summed E-state index contributed by atoms with van der Waals surface area (Å²) in [5, 5.41) is 5.89. The van der Waals surface area contributed by atoms with E-state index in [-0.39, 0.29) is 18.0 Å². The zero-order valence-electron chi connectivity index (χ0n) is 11.6. The standard InChI is InChI=1S/C14H21N3O2/c1-14(2,3)17-12(18)9-16-8-10-5-4-6-11(7-10)13(15)19/h4-7,16H,8-9H2,1-3H3,(H2,15,19)(H,17,18). The second-order valence-electron chi connectivity index (χ2n) is 5.47. The first kappa shape index (κ1) is 15.2. The fraction of sp³-hybridized carbons (Fsp3) is 0.429. The van der Waals surface area contributed by atoms with E-state index in [9.17, 15) is 9.59 Å². The van der Waals surface area contributed by atoms with Crippen LogP contribution in [0.2, 0.25) is 0 Å². The summed E-state index contributed by atoms with van der Waals surface area (Å²) in [5.41, 5.74) is 6.36. The first-order valence-corrected chi connectivity index (χ1v) is 6.18. The molecule has 0 bridgehead atoms. The molecule has 1 aromatic rings. The summed E-state index contributed by atoms with van der Waals surface area (Å²) < 4.78 is 0. The van der Waals surface area contributed by atoms with Crippen molar-refractivity contribution in [2.24, 2.45) is 5.73 Å². The Balaban J connectivity index is 2.43. The van der Waals surface area contributed by atoms with Crippen molar-refractivity contribution >= 4 is 11.8 Å². The van der Waals surface area contributed by atoms with Crippen LogP contribution in [-0.4, -0.2) is 23.9 Å². The molecular weight excluding hydrogens is 242 g/mol. The molecule has 1 rings (SSSR count). The lowest BCUT2D eigenvalue weighted by molar-refractivity contribution is -0.121. The van der Waals surface area contributed by atoms with Gasteiger partial charge in [-0.15, -0.1) is 0 Å². The van der Waals surface area contributed by atoms with Crippen molar-refractivity contribution < 1.29 is 9.59 Å². The third kappa shape index (κ3) is 6.01. The molecule has 0 unspecified atom stereocenters. The number of primary amides is 1. The van der Waals surface area contributed by atoms with E-state index in [1.807, 2.05) is 26.8 Å². The van der Waals surface area contributed by atoms with Crippen molar-refractivity contribution in [1.82, 2.24) is 10.6 Å². The molecule has 5 heteroatoms. The number of benzene rings is 1. The number of rotatable bonds is 5. The molecule has 0 heterocycles. The van der Waals surface area contributed by atoms with Crippen LogP contribution in [0.5, 0.6) is 0 Å². The summed E-state index contributed by atoms with van der Waals surface area (Å²) >= 11 is 0. The minimum Gasteiger partial charge on any atom is -0.366 e. The van der Waals surface area contributed by atoms with Crippen LogP contribution >= 0.6 is 0 Å². The molecule has 104 valence electrons. The van der Waals surface area contributed by atoms with Crippen LogP contribution in [0.4, 0.5) is 0 Å². The van der Waals surface area contributed by atoms with Gasteiger partial charge in [-0.25, -0.2) is 0 Å². The van der Waals surface area contributed by atoms with Crippen LogP contribution in [0.15, 0.2) is 24.3 Å². The van der Waals surface area contributed by atoms with E-state index in [2.05, 4.69) is 10.6 Å². The number of hydrogen-bond acceptors (Lipinski definition) is 3. The maximum atomic E-state index is 11.6. The van der Waals surface area contributed by atoms with Crippen molar-refractivity contribution in [3.63, 3.8) is 0 Å². The van der Waals surface area contributed by atoms with Gasteiger partial charge < -0.3 is 16.4 Å². The minimum absolute atomic E-state index is 0.0569. The fourth-order valence-electron chi connectivity index (χ4n) is 1.62. The van der Waals surface area contributed by atoms with E-state index >= 15 is 0 Å². The second-order valence-corrected chi connectivity index (χ2v) is 5.47. The number of carbonyl (C=O) groups is 2. The third-order valence-electron chi connectivity index (χ3n) is 2.34. The van der Waals surface area contributed by atoms with Crippen LogP contribution < -0.4 is 16.4 Å². The Morgan fingerprint density at radius 3 is 2.53 bits per heavy atom. The number of hydrogen-bond donors (Lipinski definition) is 3. The van der Waals surface area contributed by atoms with Crippen molar-refractivity contribution in [2.75, 3.05) is 6.54 Å². The monoisotopic (exact) mass is 263 g/mol. The van der Waals surface area contributed by atoms with Gasteiger partial charge in [0.05, 0.1) is 6.54 Å². The highest BCUT2D eigenvalue weighted by molar-refractivity contribution is 5.92. The number of nitrogens with two attached hydrogens (primary N) is 1. The number of carbonyl (C=O) groups excluding carboxylic acids is 2. The lowest BCUT2D eigenvalue weighted by Gasteiger charge is -2.20. The Morgan fingerprint density at radius 2 is 1.95 bits per heavy atom. The Kier molecular flexibility index (Phi) is 5.06. The maximum absolute atomic E-state index is 11.6. The van der Waals surface area contributed by atoms with Gasteiger partial charge in [0.15, 0.2) is 0 Å². The number of amides is 2. The average molecular weight is 263 g/mol.